The lowest BCUT2D eigenvalue weighted by Crippen LogP contribution is -2.34. The van der Waals surface area contributed by atoms with Crippen LogP contribution in [-0.4, -0.2) is 47.6 Å². The van der Waals surface area contributed by atoms with Gasteiger partial charge in [-0.25, -0.2) is 14.9 Å². The second-order valence-electron chi connectivity index (χ2n) is 8.62. The van der Waals surface area contributed by atoms with E-state index in [2.05, 4.69) is 15.8 Å². The Morgan fingerprint density at radius 3 is 2.24 bits per heavy atom. The fraction of sp³-hybridized carbons (Fsp3) is 0.138. The van der Waals surface area contributed by atoms with Gasteiger partial charge in [-0.05, 0) is 67.1 Å². The highest BCUT2D eigenvalue weighted by molar-refractivity contribution is 6.39. The minimum atomic E-state index is -1.08. The van der Waals surface area contributed by atoms with Crippen molar-refractivity contribution in [1.82, 2.24) is 14.8 Å². The number of ether oxygens (including phenoxy) is 3. The average molecular weight is 558 g/mol. The van der Waals surface area contributed by atoms with Gasteiger partial charge in [-0.2, -0.15) is 5.10 Å². The predicted molar refractivity (Wildman–Crippen MR) is 151 cm³/mol. The molecular weight excluding hydrogens is 530 g/mol. The van der Waals surface area contributed by atoms with Gasteiger partial charge in [0.15, 0.2) is 11.5 Å². The van der Waals surface area contributed by atoms with Gasteiger partial charge in [0.2, 0.25) is 0 Å². The number of methoxy groups -OCH3 is 2. The molecule has 12 heteroatoms. The maximum atomic E-state index is 12.9. The van der Waals surface area contributed by atoms with E-state index in [-0.39, 0.29) is 17.2 Å². The molecule has 41 heavy (non-hydrogen) atoms. The summed E-state index contributed by atoms with van der Waals surface area (Å²) in [6.45, 7) is 1.65. The number of benzene rings is 3. The number of hydrogen-bond acceptors (Lipinski definition) is 8. The van der Waals surface area contributed by atoms with Crippen molar-refractivity contribution < 1.29 is 28.6 Å². The highest BCUT2D eigenvalue weighted by atomic mass is 16.6. The molecule has 0 saturated heterocycles. The Morgan fingerprint density at radius 2 is 1.59 bits per heavy atom. The average Bonchev–Trinajstić information content (AvgIpc) is 3.20. The molecular formula is C29H27N5O7. The molecule has 4 rings (SSSR count). The van der Waals surface area contributed by atoms with Crippen LogP contribution in [0.1, 0.15) is 21.6 Å². The zero-order valence-electron chi connectivity index (χ0n) is 22.7. The van der Waals surface area contributed by atoms with Crippen molar-refractivity contribution in [3.63, 3.8) is 0 Å². The Morgan fingerprint density at radius 1 is 0.878 bits per heavy atom. The van der Waals surface area contributed by atoms with E-state index in [9.17, 15) is 19.2 Å². The van der Waals surface area contributed by atoms with E-state index in [0.717, 1.165) is 0 Å². The molecule has 2 amide bonds. The van der Waals surface area contributed by atoms with Crippen LogP contribution in [0.15, 0.2) is 82.7 Å². The fourth-order valence-electron chi connectivity index (χ4n) is 3.83. The second kappa shape index (κ2) is 12.5. The molecule has 0 fully saturated rings. The first kappa shape index (κ1) is 28.4. The first-order valence-corrected chi connectivity index (χ1v) is 12.3. The normalized spacial score (nSPS) is 10.7. The van der Waals surface area contributed by atoms with E-state index < -0.39 is 23.3 Å². The second-order valence-corrected chi connectivity index (χ2v) is 8.62. The molecule has 0 saturated carbocycles. The number of anilines is 1. The van der Waals surface area contributed by atoms with Crippen LogP contribution in [0.5, 0.6) is 17.2 Å². The van der Waals surface area contributed by atoms with Crippen LogP contribution in [0.25, 0.3) is 5.69 Å². The number of aromatic nitrogens is 2. The van der Waals surface area contributed by atoms with Crippen LogP contribution in [0.4, 0.5) is 5.69 Å². The van der Waals surface area contributed by atoms with E-state index in [1.54, 1.807) is 73.3 Å². The molecule has 1 heterocycles. The van der Waals surface area contributed by atoms with Gasteiger partial charge in [0.25, 0.3) is 5.56 Å². The summed E-state index contributed by atoms with van der Waals surface area (Å²) < 4.78 is 18.8. The number of para-hydroxylation sites is 1. The van der Waals surface area contributed by atoms with Gasteiger partial charge in [0, 0.05) is 7.05 Å². The number of amides is 2. The molecule has 0 bridgehead atoms. The lowest BCUT2D eigenvalue weighted by molar-refractivity contribution is -0.136. The SMILES string of the molecule is COc1ccc(C(=O)Oc2ccc(/C=N/NC(=O)C(=O)Nc3c(C)n(C)n(-c4ccccc4)c3=O)cc2OC)cc1. The number of hydrazone groups is 1. The Bertz CT molecular complexity index is 1670. The number of esters is 1. The number of rotatable bonds is 8. The summed E-state index contributed by atoms with van der Waals surface area (Å²) in [5.74, 6) is -1.70. The van der Waals surface area contributed by atoms with E-state index >= 15 is 0 Å². The van der Waals surface area contributed by atoms with E-state index in [1.165, 1.54) is 37.2 Å². The van der Waals surface area contributed by atoms with Crippen molar-refractivity contribution in [3.8, 4) is 22.9 Å². The summed E-state index contributed by atoms with van der Waals surface area (Å²) in [6.07, 6.45) is 1.28. The molecule has 0 spiro atoms. The Kier molecular flexibility index (Phi) is 8.63. The summed E-state index contributed by atoms with van der Waals surface area (Å²) in [5.41, 5.74) is 3.49. The minimum absolute atomic E-state index is 0.0232. The molecule has 1 aromatic heterocycles. The van der Waals surface area contributed by atoms with Gasteiger partial charge >= 0.3 is 17.8 Å². The summed E-state index contributed by atoms with van der Waals surface area (Å²) in [7, 11) is 4.60. The minimum Gasteiger partial charge on any atom is -0.497 e. The summed E-state index contributed by atoms with van der Waals surface area (Å²) >= 11 is 0. The molecule has 12 nitrogen and oxygen atoms in total. The van der Waals surface area contributed by atoms with Crippen LogP contribution in [0, 0.1) is 6.92 Å². The molecule has 0 aliphatic heterocycles. The largest absolute Gasteiger partial charge is 0.497 e. The van der Waals surface area contributed by atoms with Crippen LogP contribution in [-0.2, 0) is 16.6 Å². The summed E-state index contributed by atoms with van der Waals surface area (Å²) in [6, 6.07) is 19.9. The molecule has 0 unspecified atom stereocenters. The highest BCUT2D eigenvalue weighted by Gasteiger charge is 2.21. The Labute approximate surface area is 234 Å². The van der Waals surface area contributed by atoms with Gasteiger partial charge < -0.3 is 19.5 Å². The van der Waals surface area contributed by atoms with Gasteiger partial charge in [0.1, 0.15) is 11.4 Å². The topological polar surface area (TPSA) is 142 Å². The van der Waals surface area contributed by atoms with Crippen molar-refractivity contribution in [2.24, 2.45) is 12.1 Å². The third kappa shape index (κ3) is 6.33. The number of hydrogen-bond donors (Lipinski definition) is 2. The number of carbonyl (C=O) groups excluding carboxylic acids is 3. The van der Waals surface area contributed by atoms with E-state index in [0.29, 0.717) is 28.3 Å². The number of carbonyl (C=O) groups is 3. The molecule has 0 aliphatic carbocycles. The first-order valence-electron chi connectivity index (χ1n) is 12.3. The van der Waals surface area contributed by atoms with Crippen LogP contribution >= 0.6 is 0 Å². The smallest absolute Gasteiger partial charge is 0.343 e. The fourth-order valence-corrected chi connectivity index (χ4v) is 3.83. The molecule has 0 aliphatic rings. The van der Waals surface area contributed by atoms with Crippen LogP contribution in [0.2, 0.25) is 0 Å². The third-order valence-corrected chi connectivity index (χ3v) is 6.09. The number of nitrogens with one attached hydrogen (secondary N) is 2. The number of nitrogens with zero attached hydrogens (tertiary/aromatic N) is 3. The predicted octanol–water partition coefficient (Wildman–Crippen LogP) is 2.81. The van der Waals surface area contributed by atoms with E-state index in [1.807, 2.05) is 6.07 Å². The zero-order chi connectivity index (χ0) is 29.5. The molecule has 210 valence electrons. The third-order valence-electron chi connectivity index (χ3n) is 6.09. The summed E-state index contributed by atoms with van der Waals surface area (Å²) in [4.78, 5) is 50.3. The van der Waals surface area contributed by atoms with Crippen molar-refractivity contribution >= 4 is 29.7 Å². The monoisotopic (exact) mass is 557 g/mol. The van der Waals surface area contributed by atoms with Crippen molar-refractivity contribution in [1.29, 1.82) is 0 Å². The first-order chi connectivity index (χ1) is 19.7. The highest BCUT2D eigenvalue weighted by Crippen LogP contribution is 2.28. The zero-order valence-corrected chi connectivity index (χ0v) is 22.7. The van der Waals surface area contributed by atoms with Gasteiger partial charge in [0.05, 0.1) is 37.4 Å². The lowest BCUT2D eigenvalue weighted by atomic mass is 10.2. The van der Waals surface area contributed by atoms with E-state index in [4.69, 9.17) is 14.2 Å². The molecule has 2 N–H and O–H groups in total. The van der Waals surface area contributed by atoms with Gasteiger partial charge in [-0.15, -0.1) is 0 Å². The molecule has 4 aromatic rings. The van der Waals surface area contributed by atoms with Gasteiger partial charge in [-0.3, -0.25) is 19.1 Å². The maximum Gasteiger partial charge on any atom is 0.343 e. The van der Waals surface area contributed by atoms with Crippen LogP contribution in [0.3, 0.4) is 0 Å². The van der Waals surface area contributed by atoms with Gasteiger partial charge in [-0.1, -0.05) is 18.2 Å². The van der Waals surface area contributed by atoms with Crippen molar-refractivity contribution in [2.75, 3.05) is 19.5 Å². The maximum absolute atomic E-state index is 12.9. The molecule has 0 atom stereocenters. The summed E-state index contributed by atoms with van der Waals surface area (Å²) in [5, 5.41) is 6.17. The standard InChI is InChI=1S/C29H27N5O7/c1-18-25(28(37)34(33(18)2)21-8-6-5-7-9-21)31-26(35)27(36)32-30-17-19-10-15-23(24(16-19)40-4)41-29(38)20-11-13-22(39-3)14-12-20/h5-17H,1-4H3,(H,31,35)(H,32,36)/b30-17+. The molecule has 3 aromatic carbocycles. The Hall–Kier alpha value is -5.65. The van der Waals surface area contributed by atoms with Crippen LogP contribution < -0.4 is 30.5 Å². The molecule has 0 radical (unpaired) electrons. The van der Waals surface area contributed by atoms with Crippen molar-refractivity contribution in [2.45, 2.75) is 6.92 Å². The Balaban J connectivity index is 1.39. The quantitative estimate of drug-likeness (QED) is 0.112. The van der Waals surface area contributed by atoms with Crippen molar-refractivity contribution in [3.05, 3.63) is 100.0 Å². The lowest BCUT2D eigenvalue weighted by Gasteiger charge is -2.10.